The van der Waals surface area contributed by atoms with E-state index in [9.17, 15) is 9.59 Å². The van der Waals surface area contributed by atoms with Crippen molar-refractivity contribution < 1.29 is 19.1 Å². The van der Waals surface area contributed by atoms with E-state index in [2.05, 4.69) is 21.2 Å². The quantitative estimate of drug-likeness (QED) is 0.395. The molecule has 0 saturated heterocycles. The Labute approximate surface area is 209 Å². The molecule has 0 radical (unpaired) electrons. The summed E-state index contributed by atoms with van der Waals surface area (Å²) in [5.41, 5.74) is 0.893. The van der Waals surface area contributed by atoms with Gasteiger partial charge in [0, 0.05) is 13.1 Å². The Morgan fingerprint density at radius 1 is 1.00 bits per heavy atom. The lowest BCUT2D eigenvalue weighted by atomic mass is 10.1. The van der Waals surface area contributed by atoms with Crippen LogP contribution in [-0.4, -0.2) is 43.0 Å². The van der Waals surface area contributed by atoms with Crippen LogP contribution in [0.5, 0.6) is 11.5 Å². The first-order valence-corrected chi connectivity index (χ1v) is 12.1. The Bertz CT molecular complexity index is 1130. The van der Waals surface area contributed by atoms with Gasteiger partial charge in [0.1, 0.15) is 17.5 Å². The van der Waals surface area contributed by atoms with Crippen molar-refractivity contribution >= 4 is 38.5 Å². The highest BCUT2D eigenvalue weighted by Gasteiger charge is 2.27. The molecule has 180 valence electrons. The molecule has 0 unspecified atom stereocenters. The van der Waals surface area contributed by atoms with Gasteiger partial charge in [0.25, 0.3) is 5.91 Å². The molecule has 1 atom stereocenters. The zero-order valence-electron chi connectivity index (χ0n) is 20.0. The highest BCUT2D eigenvalue weighted by molar-refractivity contribution is 9.10. The number of methoxy groups -OCH3 is 1. The maximum absolute atomic E-state index is 13.3. The molecule has 3 rings (SSSR count). The van der Waals surface area contributed by atoms with E-state index in [0.717, 1.165) is 26.6 Å². The fourth-order valence-electron chi connectivity index (χ4n) is 3.51. The summed E-state index contributed by atoms with van der Waals surface area (Å²) in [5, 5.41) is 5.00. The zero-order chi connectivity index (χ0) is 24.7. The summed E-state index contributed by atoms with van der Waals surface area (Å²) in [5.74, 6) is 1.16. The molecule has 7 heteroatoms. The SMILES string of the molecule is COc1ccc(CN(C(=O)COc2ccc3ccccc3c2Br)[C@@H](C)C(=O)NCC(C)C)cc1. The number of benzene rings is 3. The van der Waals surface area contributed by atoms with Crippen molar-refractivity contribution in [3.05, 3.63) is 70.7 Å². The number of nitrogens with one attached hydrogen (secondary N) is 1. The van der Waals surface area contributed by atoms with Gasteiger partial charge in [-0.3, -0.25) is 9.59 Å². The van der Waals surface area contributed by atoms with E-state index in [4.69, 9.17) is 9.47 Å². The zero-order valence-corrected chi connectivity index (χ0v) is 21.6. The number of carbonyl (C=O) groups excluding carboxylic acids is 2. The number of rotatable bonds is 10. The third-order valence-corrected chi connectivity index (χ3v) is 6.36. The van der Waals surface area contributed by atoms with Gasteiger partial charge < -0.3 is 19.7 Å². The predicted molar refractivity (Wildman–Crippen MR) is 138 cm³/mol. The van der Waals surface area contributed by atoms with E-state index in [0.29, 0.717) is 18.2 Å². The van der Waals surface area contributed by atoms with Gasteiger partial charge in [-0.1, -0.05) is 56.3 Å². The average molecular weight is 527 g/mol. The first-order valence-electron chi connectivity index (χ1n) is 11.3. The molecule has 0 aliphatic rings. The van der Waals surface area contributed by atoms with Crippen molar-refractivity contribution in [1.82, 2.24) is 10.2 Å². The molecule has 0 spiro atoms. The van der Waals surface area contributed by atoms with Crippen molar-refractivity contribution in [2.75, 3.05) is 20.3 Å². The summed E-state index contributed by atoms with van der Waals surface area (Å²) in [4.78, 5) is 27.6. The second kappa shape index (κ2) is 11.9. The maximum atomic E-state index is 13.3. The van der Waals surface area contributed by atoms with Crippen LogP contribution in [0.3, 0.4) is 0 Å². The number of nitrogens with zero attached hydrogens (tertiary/aromatic N) is 1. The first-order chi connectivity index (χ1) is 16.3. The van der Waals surface area contributed by atoms with Crippen molar-refractivity contribution in [2.24, 2.45) is 5.92 Å². The lowest BCUT2D eigenvalue weighted by Crippen LogP contribution is -2.49. The van der Waals surface area contributed by atoms with Gasteiger partial charge in [0.05, 0.1) is 11.6 Å². The number of ether oxygens (including phenoxy) is 2. The number of carbonyl (C=O) groups is 2. The van der Waals surface area contributed by atoms with Crippen LogP contribution in [0.1, 0.15) is 26.3 Å². The molecular formula is C27H31BrN2O4. The predicted octanol–water partition coefficient (Wildman–Crippen LogP) is 5.18. The fraction of sp³-hybridized carbons (Fsp3) is 0.333. The summed E-state index contributed by atoms with van der Waals surface area (Å²) in [6.07, 6.45) is 0. The molecule has 0 saturated carbocycles. The number of amides is 2. The van der Waals surface area contributed by atoms with Crippen molar-refractivity contribution in [3.63, 3.8) is 0 Å². The van der Waals surface area contributed by atoms with Crippen molar-refractivity contribution in [3.8, 4) is 11.5 Å². The second-order valence-electron chi connectivity index (χ2n) is 8.57. The Hall–Kier alpha value is -3.06. The topological polar surface area (TPSA) is 67.9 Å². The van der Waals surface area contributed by atoms with E-state index in [1.54, 1.807) is 18.9 Å². The van der Waals surface area contributed by atoms with Crippen LogP contribution in [0.4, 0.5) is 0 Å². The molecule has 0 aliphatic heterocycles. The van der Waals surface area contributed by atoms with Gasteiger partial charge in [-0.15, -0.1) is 0 Å². The number of halogens is 1. The molecule has 3 aromatic carbocycles. The summed E-state index contributed by atoms with van der Waals surface area (Å²) in [6.45, 7) is 6.44. The van der Waals surface area contributed by atoms with E-state index in [1.807, 2.05) is 74.5 Å². The van der Waals surface area contributed by atoms with Gasteiger partial charge in [-0.2, -0.15) is 0 Å². The second-order valence-corrected chi connectivity index (χ2v) is 9.37. The van der Waals surface area contributed by atoms with E-state index >= 15 is 0 Å². The van der Waals surface area contributed by atoms with Gasteiger partial charge in [0.15, 0.2) is 6.61 Å². The van der Waals surface area contributed by atoms with Crippen LogP contribution in [0.25, 0.3) is 10.8 Å². The lowest BCUT2D eigenvalue weighted by molar-refractivity contribution is -0.142. The molecule has 0 heterocycles. The summed E-state index contributed by atoms with van der Waals surface area (Å²) < 4.78 is 11.9. The standard InChI is InChI=1S/C27H31BrN2O4/c1-18(2)15-29-27(32)19(3)30(16-20-9-12-22(33-4)13-10-20)25(31)17-34-24-14-11-21-7-5-6-8-23(21)26(24)28/h5-14,18-19H,15-17H2,1-4H3,(H,29,32)/t19-/m0/s1. The van der Waals surface area contributed by atoms with Crippen LogP contribution >= 0.6 is 15.9 Å². The van der Waals surface area contributed by atoms with Gasteiger partial charge in [-0.25, -0.2) is 0 Å². The summed E-state index contributed by atoms with van der Waals surface area (Å²) in [7, 11) is 1.61. The normalized spacial score (nSPS) is 11.8. The maximum Gasteiger partial charge on any atom is 0.261 e. The van der Waals surface area contributed by atoms with E-state index in [1.165, 1.54) is 0 Å². The largest absolute Gasteiger partial charge is 0.497 e. The lowest BCUT2D eigenvalue weighted by Gasteiger charge is -2.29. The van der Waals surface area contributed by atoms with Crippen LogP contribution in [0.15, 0.2) is 65.1 Å². The number of fused-ring (bicyclic) bond motifs is 1. The minimum Gasteiger partial charge on any atom is -0.497 e. The van der Waals surface area contributed by atoms with Gasteiger partial charge >= 0.3 is 0 Å². The Morgan fingerprint density at radius 3 is 2.38 bits per heavy atom. The van der Waals surface area contributed by atoms with Crippen LogP contribution in [-0.2, 0) is 16.1 Å². The third-order valence-electron chi connectivity index (χ3n) is 5.54. The monoisotopic (exact) mass is 526 g/mol. The molecule has 0 aromatic heterocycles. The molecule has 1 N–H and O–H groups in total. The summed E-state index contributed by atoms with van der Waals surface area (Å²) >= 11 is 3.60. The molecule has 6 nitrogen and oxygen atoms in total. The summed E-state index contributed by atoms with van der Waals surface area (Å²) in [6, 6.07) is 18.5. The van der Waals surface area contributed by atoms with E-state index in [-0.39, 0.29) is 25.0 Å². The molecular weight excluding hydrogens is 496 g/mol. The molecule has 3 aromatic rings. The molecule has 0 aliphatic carbocycles. The highest BCUT2D eigenvalue weighted by Crippen LogP contribution is 2.33. The van der Waals surface area contributed by atoms with Crippen molar-refractivity contribution in [1.29, 1.82) is 0 Å². The number of hydrogen-bond acceptors (Lipinski definition) is 4. The van der Waals surface area contributed by atoms with Crippen LogP contribution in [0.2, 0.25) is 0 Å². The van der Waals surface area contributed by atoms with Gasteiger partial charge in [-0.05, 0) is 63.3 Å². The third kappa shape index (κ3) is 6.50. The Kier molecular flexibility index (Phi) is 8.93. The smallest absolute Gasteiger partial charge is 0.261 e. The first kappa shape index (κ1) is 25.6. The van der Waals surface area contributed by atoms with Crippen LogP contribution in [0, 0.1) is 5.92 Å². The fourth-order valence-corrected chi connectivity index (χ4v) is 4.12. The number of hydrogen-bond donors (Lipinski definition) is 1. The van der Waals surface area contributed by atoms with Gasteiger partial charge in [0.2, 0.25) is 5.91 Å². The Balaban J connectivity index is 1.77. The van der Waals surface area contributed by atoms with Crippen LogP contribution < -0.4 is 14.8 Å². The minimum atomic E-state index is -0.656. The minimum absolute atomic E-state index is 0.186. The Morgan fingerprint density at radius 2 is 1.71 bits per heavy atom. The molecule has 2 amide bonds. The average Bonchev–Trinajstić information content (AvgIpc) is 2.85. The molecule has 0 bridgehead atoms. The molecule has 0 fully saturated rings. The van der Waals surface area contributed by atoms with E-state index < -0.39 is 6.04 Å². The van der Waals surface area contributed by atoms with Crippen molar-refractivity contribution in [2.45, 2.75) is 33.4 Å². The molecule has 34 heavy (non-hydrogen) atoms. The highest BCUT2D eigenvalue weighted by atomic mass is 79.9.